The highest BCUT2D eigenvalue weighted by Crippen LogP contribution is 2.17. The highest BCUT2D eigenvalue weighted by molar-refractivity contribution is 6.31. The molecule has 0 heterocycles. The number of hydrogen-bond acceptors (Lipinski definition) is 4. The van der Waals surface area contributed by atoms with Crippen LogP contribution in [0.4, 0.5) is 4.79 Å². The summed E-state index contributed by atoms with van der Waals surface area (Å²) in [6.45, 7) is 0.105. The van der Waals surface area contributed by atoms with E-state index in [1.165, 1.54) is 0 Å². The summed E-state index contributed by atoms with van der Waals surface area (Å²) in [5.41, 5.74) is 1.57. The van der Waals surface area contributed by atoms with Crippen LogP contribution in [0.25, 0.3) is 0 Å². The Labute approximate surface area is 145 Å². The first-order valence-corrected chi connectivity index (χ1v) is 7.76. The van der Waals surface area contributed by atoms with E-state index >= 15 is 0 Å². The van der Waals surface area contributed by atoms with E-state index in [0.717, 1.165) is 11.1 Å². The van der Waals surface area contributed by atoms with Gasteiger partial charge in [-0.2, -0.15) is 5.26 Å². The van der Waals surface area contributed by atoms with Crippen LogP contribution in [0.1, 0.15) is 11.1 Å². The fourth-order valence-corrected chi connectivity index (χ4v) is 2.36. The van der Waals surface area contributed by atoms with Crippen LogP contribution in [0.5, 0.6) is 0 Å². The third-order valence-electron chi connectivity index (χ3n) is 3.43. The molecule has 0 radical (unpaired) electrons. The molecule has 1 unspecified atom stereocenters. The molecule has 124 valence electrons. The van der Waals surface area contributed by atoms with Crippen LogP contribution in [-0.4, -0.2) is 23.3 Å². The third-order valence-corrected chi connectivity index (χ3v) is 3.80. The Balaban J connectivity index is 1.97. The zero-order chi connectivity index (χ0) is 17.4. The molecule has 2 aromatic rings. The Morgan fingerprint density at radius 2 is 1.88 bits per heavy atom. The largest absolute Gasteiger partial charge is 0.445 e. The van der Waals surface area contributed by atoms with E-state index in [4.69, 9.17) is 21.6 Å². The molecule has 0 aliphatic heterocycles. The SMILES string of the molecule is N#C[C@H](O)C(Cc1ccccc1Cl)NC(=O)OCc1ccccc1. The molecule has 0 bridgehead atoms. The van der Waals surface area contributed by atoms with Crippen molar-refractivity contribution in [3.8, 4) is 6.07 Å². The summed E-state index contributed by atoms with van der Waals surface area (Å²) in [4.78, 5) is 11.9. The van der Waals surface area contributed by atoms with Gasteiger partial charge in [-0.1, -0.05) is 60.1 Å². The lowest BCUT2D eigenvalue weighted by Gasteiger charge is -2.20. The fraction of sp³-hybridized carbons (Fsp3) is 0.222. The van der Waals surface area contributed by atoms with Crippen molar-refractivity contribution in [2.45, 2.75) is 25.2 Å². The minimum atomic E-state index is -1.37. The number of aliphatic hydroxyl groups is 1. The van der Waals surface area contributed by atoms with Crippen molar-refractivity contribution in [3.63, 3.8) is 0 Å². The van der Waals surface area contributed by atoms with Gasteiger partial charge >= 0.3 is 6.09 Å². The third kappa shape index (κ3) is 5.27. The molecule has 0 spiro atoms. The second kappa shape index (κ2) is 8.92. The lowest BCUT2D eigenvalue weighted by atomic mass is 10.0. The molecule has 2 rings (SSSR count). The van der Waals surface area contributed by atoms with Gasteiger partial charge in [0.1, 0.15) is 6.61 Å². The first-order chi connectivity index (χ1) is 11.6. The number of halogens is 1. The number of carbonyl (C=O) groups is 1. The summed E-state index contributed by atoms with van der Waals surface area (Å²) in [5.74, 6) is 0. The van der Waals surface area contributed by atoms with E-state index in [2.05, 4.69) is 5.32 Å². The number of amides is 1. The van der Waals surface area contributed by atoms with Crippen molar-refractivity contribution in [1.82, 2.24) is 5.32 Å². The maximum absolute atomic E-state index is 11.9. The zero-order valence-corrected chi connectivity index (χ0v) is 13.6. The average molecular weight is 345 g/mol. The number of nitrogens with zero attached hydrogens (tertiary/aromatic N) is 1. The van der Waals surface area contributed by atoms with Crippen molar-refractivity contribution >= 4 is 17.7 Å². The predicted molar refractivity (Wildman–Crippen MR) is 90.3 cm³/mol. The smallest absolute Gasteiger partial charge is 0.407 e. The monoisotopic (exact) mass is 344 g/mol. The molecule has 2 N–H and O–H groups in total. The van der Waals surface area contributed by atoms with Crippen LogP contribution in [0.3, 0.4) is 0 Å². The van der Waals surface area contributed by atoms with E-state index in [1.807, 2.05) is 30.3 Å². The van der Waals surface area contributed by atoms with Gasteiger partial charge in [0.25, 0.3) is 0 Å². The number of benzene rings is 2. The van der Waals surface area contributed by atoms with Gasteiger partial charge < -0.3 is 15.2 Å². The van der Waals surface area contributed by atoms with Gasteiger partial charge in [-0.05, 0) is 23.6 Å². The number of alkyl carbamates (subject to hydrolysis) is 1. The molecule has 0 aliphatic rings. The maximum atomic E-state index is 11.9. The molecule has 0 saturated heterocycles. The predicted octanol–water partition coefficient (Wildman–Crippen LogP) is 3.06. The molecule has 5 nitrogen and oxygen atoms in total. The second-order valence-corrected chi connectivity index (χ2v) is 5.59. The van der Waals surface area contributed by atoms with Gasteiger partial charge in [-0.15, -0.1) is 0 Å². The van der Waals surface area contributed by atoms with Gasteiger partial charge in [0.15, 0.2) is 6.10 Å². The molecule has 0 aliphatic carbocycles. The summed E-state index contributed by atoms with van der Waals surface area (Å²) < 4.78 is 5.12. The molecule has 24 heavy (non-hydrogen) atoms. The molecule has 0 fully saturated rings. The molecule has 1 amide bonds. The maximum Gasteiger partial charge on any atom is 0.407 e. The minimum Gasteiger partial charge on any atom is -0.445 e. The molecule has 0 aromatic heterocycles. The van der Waals surface area contributed by atoms with Crippen molar-refractivity contribution in [2.24, 2.45) is 0 Å². The summed E-state index contributed by atoms with van der Waals surface area (Å²) in [6, 6.07) is 17.2. The second-order valence-electron chi connectivity index (χ2n) is 5.18. The molecular formula is C18H17ClN2O3. The number of carbonyl (C=O) groups excluding carboxylic acids is 1. The average Bonchev–Trinajstić information content (AvgIpc) is 2.61. The number of ether oxygens (including phenoxy) is 1. The van der Waals surface area contributed by atoms with E-state index in [9.17, 15) is 9.90 Å². The normalized spacial score (nSPS) is 12.7. The highest BCUT2D eigenvalue weighted by Gasteiger charge is 2.23. The molecule has 2 aromatic carbocycles. The Morgan fingerprint density at radius 3 is 2.54 bits per heavy atom. The van der Waals surface area contributed by atoms with Crippen LogP contribution in [0.15, 0.2) is 54.6 Å². The number of nitriles is 1. The highest BCUT2D eigenvalue weighted by atomic mass is 35.5. The van der Waals surface area contributed by atoms with Gasteiger partial charge in [-0.25, -0.2) is 4.79 Å². The summed E-state index contributed by atoms with van der Waals surface area (Å²) >= 11 is 6.09. The number of hydrogen-bond donors (Lipinski definition) is 2. The van der Waals surface area contributed by atoms with Crippen molar-refractivity contribution in [1.29, 1.82) is 5.26 Å². The van der Waals surface area contributed by atoms with Crippen LogP contribution in [-0.2, 0) is 17.8 Å². The minimum absolute atomic E-state index is 0.105. The van der Waals surface area contributed by atoms with Crippen LogP contribution < -0.4 is 5.32 Å². The van der Waals surface area contributed by atoms with E-state index in [-0.39, 0.29) is 13.0 Å². The first-order valence-electron chi connectivity index (χ1n) is 7.38. The van der Waals surface area contributed by atoms with Crippen LogP contribution in [0, 0.1) is 11.3 Å². The quantitative estimate of drug-likeness (QED) is 0.789. The van der Waals surface area contributed by atoms with Crippen molar-refractivity contribution < 1.29 is 14.6 Å². The zero-order valence-electron chi connectivity index (χ0n) is 12.9. The molecular weight excluding hydrogens is 328 g/mol. The first kappa shape index (κ1) is 17.8. The standard InChI is InChI=1S/C18H17ClN2O3/c19-15-9-5-4-8-14(15)10-16(17(22)11-20)21-18(23)24-12-13-6-2-1-3-7-13/h1-9,16-17,22H,10,12H2,(H,21,23)/t16?,17-/m0/s1. The number of nitrogens with one attached hydrogen (secondary N) is 1. The number of aliphatic hydroxyl groups excluding tert-OH is 1. The summed E-state index contributed by atoms with van der Waals surface area (Å²) in [7, 11) is 0. The molecule has 0 saturated carbocycles. The molecule has 2 atom stereocenters. The van der Waals surface area contributed by atoms with Gasteiger partial charge in [-0.3, -0.25) is 0 Å². The van der Waals surface area contributed by atoms with Gasteiger partial charge in [0, 0.05) is 5.02 Å². The van der Waals surface area contributed by atoms with Gasteiger partial charge in [0.2, 0.25) is 0 Å². The van der Waals surface area contributed by atoms with E-state index < -0.39 is 18.2 Å². The van der Waals surface area contributed by atoms with Crippen molar-refractivity contribution in [2.75, 3.05) is 0 Å². The Hall–Kier alpha value is -2.55. The van der Waals surface area contributed by atoms with Gasteiger partial charge in [0.05, 0.1) is 12.1 Å². The van der Waals surface area contributed by atoms with E-state index in [1.54, 1.807) is 30.3 Å². The summed E-state index contributed by atoms with van der Waals surface area (Å²) in [5, 5.41) is 21.8. The van der Waals surface area contributed by atoms with Crippen LogP contribution >= 0.6 is 11.6 Å². The van der Waals surface area contributed by atoms with Crippen molar-refractivity contribution in [3.05, 3.63) is 70.7 Å². The topological polar surface area (TPSA) is 82.4 Å². The Kier molecular flexibility index (Phi) is 6.62. The Bertz CT molecular complexity index is 716. The summed E-state index contributed by atoms with van der Waals surface area (Å²) in [6.07, 6.45) is -1.86. The Morgan fingerprint density at radius 1 is 1.21 bits per heavy atom. The fourth-order valence-electron chi connectivity index (χ4n) is 2.15. The lowest BCUT2D eigenvalue weighted by Crippen LogP contribution is -2.44. The van der Waals surface area contributed by atoms with Crippen LogP contribution in [0.2, 0.25) is 5.02 Å². The molecule has 6 heteroatoms. The number of rotatable bonds is 6. The van der Waals surface area contributed by atoms with E-state index in [0.29, 0.717) is 5.02 Å². The lowest BCUT2D eigenvalue weighted by molar-refractivity contribution is 0.119.